The number of aliphatic hydroxyl groups excluding tert-OH is 6. The fourth-order valence-electron chi connectivity index (χ4n) is 12.3. The molecule has 0 radical (unpaired) electrons. The van der Waals surface area contributed by atoms with Crippen LogP contribution in [0.2, 0.25) is 0 Å². The lowest BCUT2D eigenvalue weighted by molar-refractivity contribution is -0.346. The van der Waals surface area contributed by atoms with Crippen molar-refractivity contribution in [3.05, 3.63) is 23.5 Å². The Kier molecular flexibility index (Phi) is 13.2. The number of carbonyl (C=O) groups excluding carboxylic acids is 2. The first kappa shape index (κ1) is 42.6. The molecule has 57 heavy (non-hydrogen) atoms. The van der Waals surface area contributed by atoms with Gasteiger partial charge in [0.25, 0.3) is 0 Å². The van der Waals surface area contributed by atoms with Crippen molar-refractivity contribution >= 4 is 33.2 Å². The van der Waals surface area contributed by atoms with Crippen LogP contribution in [0.3, 0.4) is 0 Å². The lowest BCUT2D eigenvalue weighted by Crippen LogP contribution is -2.69. The molecule has 1 spiro atoms. The normalized spacial score (nSPS) is 47.9. The summed E-state index contributed by atoms with van der Waals surface area (Å²) in [6, 6.07) is 0. The second-order valence-electron chi connectivity index (χ2n) is 18.5. The highest BCUT2D eigenvalue weighted by Gasteiger charge is 2.67. The molecule has 3 saturated carbocycles. The Morgan fingerprint density at radius 3 is 2.49 bits per heavy atom. The molecule has 8 unspecified atom stereocenters. The van der Waals surface area contributed by atoms with Gasteiger partial charge in [-0.2, -0.15) is 0 Å². The number of nitrogens with one attached hydrogen (secondary N) is 2. The van der Waals surface area contributed by atoms with Crippen LogP contribution in [0, 0.1) is 46.8 Å². The lowest BCUT2D eigenvalue weighted by atomic mass is 9.50. The Balaban J connectivity index is 1.20. The molecule has 4 aliphatic carbocycles. The van der Waals surface area contributed by atoms with E-state index in [1.54, 1.807) is 16.9 Å². The average Bonchev–Trinajstić information content (AvgIpc) is 3.22. The van der Waals surface area contributed by atoms with Crippen LogP contribution in [-0.4, -0.2) is 127 Å². The largest absolute Gasteiger partial charge is 0.511 e. The quantitative estimate of drug-likeness (QED) is 0.169. The number of rotatable bonds is 7. The average molecular weight is 837 g/mol. The molecule has 9 N–H and O–H groups in total. The fourth-order valence-corrected chi connectivity index (χ4v) is 15.8. The van der Waals surface area contributed by atoms with Gasteiger partial charge in [-0.15, -0.1) is 0 Å². The van der Waals surface area contributed by atoms with Crippen molar-refractivity contribution in [3.63, 3.8) is 0 Å². The zero-order chi connectivity index (χ0) is 40.1. The zero-order valence-electron chi connectivity index (χ0n) is 32.8. The van der Waals surface area contributed by atoms with Crippen LogP contribution in [0.1, 0.15) is 96.3 Å². The standard InChI is InChI=1S/C42H64N2O11S2/c45-15-3-8-32-42-28(18-24(19-31(42)48)17-22-4-1-5-23(16-22)20-46)35(49)27-6-2-7-29(34(27)37(42)51)54-40-38(52)41(53,36(50)30(21-47)55-40)13-11-25-12-14-43-39-26(25)9-10-33(44-39)57-56-32/h18-19,22-23,25-30,32-34,36,38-40,43-48,50,52-53H,1-17,20-21H2/t22?,23?,25?,26?,27?,28-,29?,30+,32-,33+,34?,36+,38-,39?,40+,41+,42-/m0/s1. The lowest BCUT2D eigenvalue weighted by Gasteiger charge is -2.55. The van der Waals surface area contributed by atoms with Crippen molar-refractivity contribution in [2.45, 2.75) is 149 Å². The topological polar surface area (TPSA) is 218 Å². The molecule has 15 heteroatoms. The maximum atomic E-state index is 15.8. The zero-order valence-corrected chi connectivity index (χ0v) is 34.5. The highest BCUT2D eigenvalue weighted by Crippen LogP contribution is 2.60. The minimum absolute atomic E-state index is 0.00162. The molecule has 8 fully saturated rings. The van der Waals surface area contributed by atoms with Gasteiger partial charge in [0.05, 0.1) is 36.1 Å². The summed E-state index contributed by atoms with van der Waals surface area (Å²) in [5.74, 6) is -2.24. The molecular formula is C42H64N2O11S2. The number of ketones is 2. The Bertz CT molecular complexity index is 1540. The monoisotopic (exact) mass is 836 g/mol. The minimum atomic E-state index is -2.07. The maximum Gasteiger partial charge on any atom is 0.187 e. The third-order valence-corrected chi connectivity index (χ3v) is 18.6. The Morgan fingerprint density at radius 2 is 1.70 bits per heavy atom. The van der Waals surface area contributed by atoms with Gasteiger partial charge in [-0.25, -0.2) is 0 Å². The predicted octanol–water partition coefficient (Wildman–Crippen LogP) is 2.86. The molecule has 0 aromatic heterocycles. The van der Waals surface area contributed by atoms with Gasteiger partial charge in [0.2, 0.25) is 0 Å². The number of ether oxygens (including phenoxy) is 2. The van der Waals surface area contributed by atoms with Crippen LogP contribution >= 0.6 is 21.6 Å². The van der Waals surface area contributed by atoms with Crippen LogP contribution in [-0.2, 0) is 19.1 Å². The third kappa shape index (κ3) is 7.75. The van der Waals surface area contributed by atoms with Crippen LogP contribution in [0.4, 0.5) is 0 Å². The Labute approximate surface area is 343 Å². The van der Waals surface area contributed by atoms with Gasteiger partial charge in [0, 0.05) is 24.4 Å². The smallest absolute Gasteiger partial charge is 0.187 e. The molecular weight excluding hydrogens is 773 g/mol. The molecule has 0 aromatic rings. The van der Waals surface area contributed by atoms with E-state index < -0.39 is 71.3 Å². The summed E-state index contributed by atoms with van der Waals surface area (Å²) < 4.78 is 12.6. The van der Waals surface area contributed by atoms with Crippen molar-refractivity contribution < 1.29 is 54.8 Å². The molecule has 0 aromatic carbocycles. The Morgan fingerprint density at radius 1 is 0.895 bits per heavy atom. The first-order chi connectivity index (χ1) is 27.5. The van der Waals surface area contributed by atoms with Gasteiger partial charge < -0.3 is 50.5 Å². The summed E-state index contributed by atoms with van der Waals surface area (Å²) in [7, 11) is 3.16. The van der Waals surface area contributed by atoms with E-state index in [-0.39, 0.29) is 72.2 Å². The van der Waals surface area contributed by atoms with E-state index in [4.69, 9.17) is 9.47 Å². The number of hydrogen-bond donors (Lipinski definition) is 9. The number of hydrogen-bond acceptors (Lipinski definition) is 15. The molecule has 9 aliphatic rings. The van der Waals surface area contributed by atoms with Crippen LogP contribution in [0.5, 0.6) is 0 Å². The summed E-state index contributed by atoms with van der Waals surface area (Å²) in [5, 5.41) is 85.2. The van der Waals surface area contributed by atoms with Crippen molar-refractivity contribution in [1.82, 2.24) is 10.6 Å². The van der Waals surface area contributed by atoms with Gasteiger partial charge in [-0.1, -0.05) is 46.9 Å². The number of piperidine rings is 2. The number of aliphatic hydroxyl groups is 7. The molecule has 17 atom stereocenters. The van der Waals surface area contributed by atoms with Crippen LogP contribution in [0.15, 0.2) is 23.5 Å². The second-order valence-corrected chi connectivity index (χ2v) is 21.2. The molecule has 5 saturated heterocycles. The summed E-state index contributed by atoms with van der Waals surface area (Å²) in [6.45, 7) is 0.145. The summed E-state index contributed by atoms with van der Waals surface area (Å²) in [6.07, 6.45) is 6.46. The SMILES string of the molecule is O=C1C2CCCC3O[C@@H]4O[C@H](CO)[C@@H](O)[C@](O)(CCC5CCNC6N[C@@H](CCC56)SS[C@@H](CCCO)[C@@]5(C(=O)C32)C(O)=CC(CC2CCCC(CO)C2)=C[C@@H]15)[C@H]4O. The fraction of sp³-hybridized carbons (Fsp3) is 0.857. The van der Waals surface area contributed by atoms with E-state index in [2.05, 4.69) is 10.6 Å². The van der Waals surface area contributed by atoms with E-state index in [0.29, 0.717) is 44.9 Å². The van der Waals surface area contributed by atoms with Gasteiger partial charge in [0.15, 0.2) is 12.1 Å². The van der Waals surface area contributed by atoms with E-state index >= 15 is 9.59 Å². The molecule has 5 aliphatic heterocycles. The van der Waals surface area contributed by atoms with E-state index in [0.717, 1.165) is 57.1 Å². The molecule has 320 valence electrons. The molecule has 8 bridgehead atoms. The van der Waals surface area contributed by atoms with E-state index in [9.17, 15) is 35.7 Å². The van der Waals surface area contributed by atoms with E-state index in [1.807, 2.05) is 6.08 Å². The highest BCUT2D eigenvalue weighted by molar-refractivity contribution is 8.77. The van der Waals surface area contributed by atoms with Crippen molar-refractivity contribution in [3.8, 4) is 0 Å². The molecule has 5 heterocycles. The van der Waals surface area contributed by atoms with Gasteiger partial charge >= 0.3 is 0 Å². The summed E-state index contributed by atoms with van der Waals surface area (Å²) in [4.78, 5) is 30.9. The van der Waals surface area contributed by atoms with Crippen molar-refractivity contribution in [2.75, 3.05) is 26.4 Å². The van der Waals surface area contributed by atoms with Gasteiger partial charge in [0.1, 0.15) is 40.9 Å². The second kappa shape index (κ2) is 17.7. The summed E-state index contributed by atoms with van der Waals surface area (Å²) >= 11 is 0. The Hall–Kier alpha value is -1.08. The number of Topliss-reactive ketones (excluding diaryl/α,β-unsaturated/α-hetero) is 2. The number of carbonyl (C=O) groups is 2. The maximum absolute atomic E-state index is 15.8. The number of allylic oxidation sites excluding steroid dienone is 4. The first-order valence-electron chi connectivity index (χ1n) is 21.8. The first-order valence-corrected chi connectivity index (χ1v) is 24.0. The van der Waals surface area contributed by atoms with Gasteiger partial charge in [-0.05, 0) is 119 Å². The van der Waals surface area contributed by atoms with E-state index in [1.165, 1.54) is 10.8 Å². The summed E-state index contributed by atoms with van der Waals surface area (Å²) in [5.41, 5.74) is -2.87. The van der Waals surface area contributed by atoms with Crippen molar-refractivity contribution in [1.29, 1.82) is 0 Å². The van der Waals surface area contributed by atoms with Crippen LogP contribution in [0.25, 0.3) is 0 Å². The van der Waals surface area contributed by atoms with Crippen molar-refractivity contribution in [2.24, 2.45) is 46.8 Å². The third-order valence-electron chi connectivity index (χ3n) is 15.3. The number of fused-ring (bicyclic) bond motifs is 4. The van der Waals surface area contributed by atoms with Gasteiger partial charge in [-0.3, -0.25) is 14.9 Å². The minimum Gasteiger partial charge on any atom is -0.511 e. The highest BCUT2D eigenvalue weighted by atomic mass is 33.1. The molecule has 0 amide bonds. The molecule has 9 rings (SSSR count). The van der Waals surface area contributed by atoms with Crippen LogP contribution < -0.4 is 10.6 Å². The molecule has 13 nitrogen and oxygen atoms in total. The predicted molar refractivity (Wildman–Crippen MR) is 214 cm³/mol.